The van der Waals surface area contributed by atoms with Crippen LogP contribution >= 0.6 is 15.9 Å². The van der Waals surface area contributed by atoms with Gasteiger partial charge in [-0.15, -0.1) is 0 Å². The molecule has 6 rings (SSSR count). The molecule has 0 heterocycles. The topological polar surface area (TPSA) is 0 Å². The molecule has 2 heteroatoms. The van der Waals surface area contributed by atoms with Gasteiger partial charge in [-0.2, -0.15) is 0 Å². The molecule has 0 saturated heterocycles. The first-order chi connectivity index (χ1) is 8.13. The van der Waals surface area contributed by atoms with Crippen molar-refractivity contribution in [2.45, 2.75) is 30.3 Å². The lowest BCUT2D eigenvalue weighted by atomic mass is 9.74. The SMILES string of the molecule is F[C@]1(Br)[C@@H]2[C@@H]3[C@@H]([C@@H]4C=C[C@H]3C43CC3)C3(CC3)[C@@H]21. The van der Waals surface area contributed by atoms with Gasteiger partial charge in [0, 0.05) is 11.8 Å². The summed E-state index contributed by atoms with van der Waals surface area (Å²) in [6.45, 7) is 0. The molecule has 0 aromatic heterocycles. The highest BCUT2D eigenvalue weighted by Crippen LogP contribution is 2.92. The van der Waals surface area contributed by atoms with Gasteiger partial charge >= 0.3 is 0 Å². The second-order valence-corrected chi connectivity index (χ2v) is 8.90. The van der Waals surface area contributed by atoms with E-state index in [1.165, 1.54) is 25.7 Å². The average molecular weight is 295 g/mol. The zero-order chi connectivity index (χ0) is 11.2. The molecule has 2 bridgehead atoms. The van der Waals surface area contributed by atoms with Gasteiger partial charge in [-0.3, -0.25) is 0 Å². The van der Waals surface area contributed by atoms with E-state index in [1.807, 2.05) is 0 Å². The summed E-state index contributed by atoms with van der Waals surface area (Å²) in [7, 11) is 0. The van der Waals surface area contributed by atoms with Crippen molar-refractivity contribution in [2.75, 3.05) is 0 Å². The van der Waals surface area contributed by atoms with Crippen LogP contribution in [0, 0.1) is 46.3 Å². The minimum Gasteiger partial charge on any atom is -0.231 e. The molecule has 5 fully saturated rings. The van der Waals surface area contributed by atoms with E-state index in [4.69, 9.17) is 0 Å². The minimum atomic E-state index is -0.973. The van der Waals surface area contributed by atoms with Crippen LogP contribution in [0.4, 0.5) is 4.39 Å². The van der Waals surface area contributed by atoms with E-state index in [2.05, 4.69) is 28.1 Å². The number of hydrogen-bond donors (Lipinski definition) is 0. The van der Waals surface area contributed by atoms with E-state index in [0.717, 1.165) is 17.8 Å². The summed E-state index contributed by atoms with van der Waals surface area (Å²) in [6, 6.07) is 0. The Morgan fingerprint density at radius 3 is 2.24 bits per heavy atom. The van der Waals surface area contributed by atoms with Gasteiger partial charge in [0.05, 0.1) is 0 Å². The van der Waals surface area contributed by atoms with Crippen LogP contribution in [0.25, 0.3) is 0 Å². The summed E-state index contributed by atoms with van der Waals surface area (Å²) in [6.07, 6.45) is 10.5. The van der Waals surface area contributed by atoms with E-state index in [1.54, 1.807) is 0 Å². The quantitative estimate of drug-likeness (QED) is 0.469. The normalized spacial score (nSPS) is 68.6. The van der Waals surface area contributed by atoms with Gasteiger partial charge in [-0.25, -0.2) is 4.39 Å². The molecule has 2 spiro atoms. The van der Waals surface area contributed by atoms with Crippen molar-refractivity contribution in [3.05, 3.63) is 12.2 Å². The van der Waals surface area contributed by atoms with E-state index >= 15 is 0 Å². The molecular weight excluding hydrogens is 279 g/mol. The molecular formula is C15H16BrF. The predicted molar refractivity (Wildman–Crippen MR) is 66.2 cm³/mol. The number of allylic oxidation sites excluding steroid dienone is 2. The molecule has 0 unspecified atom stereocenters. The van der Waals surface area contributed by atoms with Crippen LogP contribution in [0.3, 0.4) is 0 Å². The molecule has 0 radical (unpaired) electrons. The second kappa shape index (κ2) is 2.09. The smallest absolute Gasteiger partial charge is 0.172 e. The van der Waals surface area contributed by atoms with E-state index in [9.17, 15) is 4.39 Å². The third kappa shape index (κ3) is 0.676. The molecule has 0 aliphatic heterocycles. The Balaban J connectivity index is 1.57. The van der Waals surface area contributed by atoms with Gasteiger partial charge in [0.2, 0.25) is 0 Å². The maximum atomic E-state index is 14.6. The Morgan fingerprint density at radius 1 is 0.941 bits per heavy atom. The molecule has 0 amide bonds. The summed E-state index contributed by atoms with van der Waals surface area (Å²) in [4.78, 5) is 0. The molecule has 0 N–H and O–H groups in total. The summed E-state index contributed by atoms with van der Waals surface area (Å²) in [5.41, 5.74) is 1.08. The van der Waals surface area contributed by atoms with Crippen molar-refractivity contribution < 1.29 is 4.39 Å². The Labute approximate surface area is 109 Å². The Kier molecular flexibility index (Phi) is 1.12. The highest BCUT2D eigenvalue weighted by molar-refractivity contribution is 9.10. The van der Waals surface area contributed by atoms with E-state index < -0.39 is 4.58 Å². The van der Waals surface area contributed by atoms with Crippen LogP contribution in [0.1, 0.15) is 25.7 Å². The highest BCUT2D eigenvalue weighted by atomic mass is 79.9. The monoisotopic (exact) mass is 294 g/mol. The second-order valence-electron chi connectivity index (χ2n) is 7.68. The van der Waals surface area contributed by atoms with Gasteiger partial charge in [-0.1, -0.05) is 12.2 Å². The number of halogens is 2. The Morgan fingerprint density at radius 2 is 1.59 bits per heavy atom. The van der Waals surface area contributed by atoms with Gasteiger partial charge < -0.3 is 0 Å². The fourth-order valence-corrected chi connectivity index (χ4v) is 8.04. The van der Waals surface area contributed by atoms with Crippen molar-refractivity contribution in [2.24, 2.45) is 46.3 Å². The molecule has 17 heavy (non-hydrogen) atoms. The molecule has 0 nitrogen and oxygen atoms in total. The summed E-state index contributed by atoms with van der Waals surface area (Å²) in [5, 5.41) is 0. The van der Waals surface area contributed by atoms with Gasteiger partial charge in [0.25, 0.3) is 0 Å². The average Bonchev–Trinajstić information content (AvgIpc) is 3.13. The lowest BCUT2D eigenvalue weighted by Crippen LogP contribution is -2.29. The molecule has 7 atom stereocenters. The number of alkyl halides is 2. The first-order valence-corrected chi connectivity index (χ1v) is 7.98. The Bertz CT molecular complexity index is 485. The van der Waals surface area contributed by atoms with E-state index in [-0.39, 0.29) is 0 Å². The summed E-state index contributed by atoms with van der Waals surface area (Å²) < 4.78 is 13.6. The van der Waals surface area contributed by atoms with Crippen molar-refractivity contribution >= 4 is 15.9 Å². The van der Waals surface area contributed by atoms with Gasteiger partial charge in [-0.05, 0) is 76.1 Å². The minimum absolute atomic E-state index is 0.368. The maximum absolute atomic E-state index is 14.6. The first-order valence-electron chi connectivity index (χ1n) is 7.19. The van der Waals surface area contributed by atoms with Crippen molar-refractivity contribution in [1.82, 2.24) is 0 Å². The molecule has 6 aliphatic carbocycles. The van der Waals surface area contributed by atoms with Gasteiger partial charge in [0.1, 0.15) is 0 Å². The largest absolute Gasteiger partial charge is 0.231 e. The summed E-state index contributed by atoms with van der Waals surface area (Å²) in [5.74, 6) is 3.91. The summed E-state index contributed by atoms with van der Waals surface area (Å²) >= 11 is 3.42. The standard InChI is InChI=1S/C15H16BrF/c16-15(17)11-9-7-1-2-8(13(7)3-4-13)10(9)14(5-6-14)12(11)15/h1-2,7-12H,3-6H2/t7-,8+,9+,10-,11-,12-,15-/m1/s1. The lowest BCUT2D eigenvalue weighted by Gasteiger charge is -2.31. The maximum Gasteiger partial charge on any atom is 0.172 e. The number of rotatable bonds is 0. The fraction of sp³-hybridized carbons (Fsp3) is 0.867. The molecule has 0 aromatic carbocycles. The Hall–Kier alpha value is 0.150. The zero-order valence-electron chi connectivity index (χ0n) is 9.70. The van der Waals surface area contributed by atoms with Crippen LogP contribution in [0.5, 0.6) is 0 Å². The van der Waals surface area contributed by atoms with Crippen LogP contribution in [0.2, 0.25) is 0 Å². The third-order valence-electron chi connectivity index (χ3n) is 7.53. The highest BCUT2D eigenvalue weighted by Gasteiger charge is 2.90. The lowest BCUT2D eigenvalue weighted by molar-refractivity contribution is 0.165. The van der Waals surface area contributed by atoms with Crippen molar-refractivity contribution in [1.29, 1.82) is 0 Å². The predicted octanol–water partition coefficient (Wildman–Crippen LogP) is 3.92. The molecule has 6 aliphatic rings. The van der Waals surface area contributed by atoms with Crippen LogP contribution in [-0.4, -0.2) is 4.58 Å². The van der Waals surface area contributed by atoms with Crippen LogP contribution < -0.4 is 0 Å². The van der Waals surface area contributed by atoms with E-state index in [0.29, 0.717) is 28.6 Å². The fourth-order valence-electron chi connectivity index (χ4n) is 6.86. The molecule has 5 saturated carbocycles. The first kappa shape index (κ1) is 9.12. The number of hydrogen-bond acceptors (Lipinski definition) is 0. The zero-order valence-corrected chi connectivity index (χ0v) is 11.3. The van der Waals surface area contributed by atoms with Gasteiger partial charge in [0.15, 0.2) is 4.58 Å². The third-order valence-corrected chi connectivity index (χ3v) is 8.55. The molecule has 90 valence electrons. The molecule has 0 aromatic rings. The van der Waals surface area contributed by atoms with Crippen LogP contribution in [0.15, 0.2) is 12.2 Å². The van der Waals surface area contributed by atoms with Crippen LogP contribution in [-0.2, 0) is 0 Å². The van der Waals surface area contributed by atoms with Crippen molar-refractivity contribution in [3.8, 4) is 0 Å². The number of fused-ring (bicyclic) bond motifs is 7. The van der Waals surface area contributed by atoms with Crippen molar-refractivity contribution in [3.63, 3.8) is 0 Å².